The molecule has 1 saturated heterocycles. The van der Waals surface area contributed by atoms with Crippen LogP contribution in [0.2, 0.25) is 5.02 Å². The minimum Gasteiger partial charge on any atom is -0.497 e. The summed E-state index contributed by atoms with van der Waals surface area (Å²) in [5.41, 5.74) is 0.651. The molecule has 1 aliphatic heterocycles. The van der Waals surface area contributed by atoms with Gasteiger partial charge in [0.15, 0.2) is 5.79 Å². The molecular formula is C20H23ClO6S. The first-order valence-corrected chi connectivity index (χ1v) is 10.9. The van der Waals surface area contributed by atoms with Gasteiger partial charge in [0.25, 0.3) is 0 Å². The maximum Gasteiger partial charge on any atom is 0.340 e. The maximum atomic E-state index is 12.7. The normalized spacial score (nSPS) is 16.5. The Kier molecular flexibility index (Phi) is 6.50. The summed E-state index contributed by atoms with van der Waals surface area (Å²) in [4.78, 5) is -0.102. The minimum atomic E-state index is -4.12. The molecule has 0 radical (unpaired) electrons. The molecule has 0 aliphatic carbocycles. The van der Waals surface area contributed by atoms with Gasteiger partial charge in [0.1, 0.15) is 16.4 Å². The molecular weight excluding hydrogens is 404 g/mol. The first kappa shape index (κ1) is 20.9. The van der Waals surface area contributed by atoms with Gasteiger partial charge in [0, 0.05) is 18.1 Å². The van der Waals surface area contributed by atoms with E-state index in [9.17, 15) is 8.42 Å². The van der Waals surface area contributed by atoms with E-state index in [4.69, 9.17) is 30.0 Å². The van der Waals surface area contributed by atoms with Crippen LogP contribution in [0.5, 0.6) is 11.5 Å². The van der Waals surface area contributed by atoms with Crippen molar-refractivity contribution in [3.05, 3.63) is 53.1 Å². The molecule has 8 heteroatoms. The molecule has 3 rings (SSSR count). The highest BCUT2D eigenvalue weighted by molar-refractivity contribution is 7.87. The molecule has 0 amide bonds. The zero-order chi connectivity index (χ0) is 20.2. The third-order valence-electron chi connectivity index (χ3n) is 4.41. The van der Waals surface area contributed by atoms with Crippen LogP contribution in [0.25, 0.3) is 0 Å². The molecule has 0 N–H and O–H groups in total. The predicted octanol–water partition coefficient (Wildman–Crippen LogP) is 4.51. The van der Waals surface area contributed by atoms with Crippen LogP contribution >= 0.6 is 11.6 Å². The fourth-order valence-corrected chi connectivity index (χ4v) is 4.55. The average molecular weight is 427 g/mol. The van der Waals surface area contributed by atoms with Gasteiger partial charge in [-0.1, -0.05) is 37.1 Å². The van der Waals surface area contributed by atoms with Crippen LogP contribution in [0.15, 0.2) is 47.4 Å². The molecule has 28 heavy (non-hydrogen) atoms. The highest BCUT2D eigenvalue weighted by atomic mass is 35.5. The van der Waals surface area contributed by atoms with E-state index in [1.165, 1.54) is 25.3 Å². The van der Waals surface area contributed by atoms with Crippen molar-refractivity contribution in [3.8, 4) is 11.5 Å². The minimum absolute atomic E-state index is 0.0898. The number of ether oxygens (including phenoxy) is 3. The first-order chi connectivity index (χ1) is 13.4. The lowest BCUT2D eigenvalue weighted by molar-refractivity contribution is -0.280. The van der Waals surface area contributed by atoms with Crippen molar-refractivity contribution >= 4 is 21.7 Å². The topological polar surface area (TPSA) is 71.1 Å². The van der Waals surface area contributed by atoms with E-state index >= 15 is 0 Å². The van der Waals surface area contributed by atoms with Crippen molar-refractivity contribution in [2.24, 2.45) is 0 Å². The first-order valence-electron chi connectivity index (χ1n) is 9.07. The summed E-state index contributed by atoms with van der Waals surface area (Å²) in [7, 11) is -2.62. The van der Waals surface area contributed by atoms with Gasteiger partial charge in [-0.05, 0) is 30.7 Å². The smallest absolute Gasteiger partial charge is 0.340 e. The number of benzene rings is 2. The van der Waals surface area contributed by atoms with Gasteiger partial charge in [-0.15, -0.1) is 0 Å². The average Bonchev–Trinajstić information content (AvgIpc) is 2.68. The monoisotopic (exact) mass is 426 g/mol. The number of methoxy groups -OCH3 is 1. The second-order valence-corrected chi connectivity index (χ2v) is 8.34. The zero-order valence-electron chi connectivity index (χ0n) is 15.8. The molecule has 1 heterocycles. The van der Waals surface area contributed by atoms with Gasteiger partial charge in [0.2, 0.25) is 0 Å². The van der Waals surface area contributed by atoms with Crippen LogP contribution in [0.4, 0.5) is 0 Å². The zero-order valence-corrected chi connectivity index (χ0v) is 17.4. The summed E-state index contributed by atoms with van der Waals surface area (Å²) >= 11 is 6.03. The second kappa shape index (κ2) is 8.69. The van der Waals surface area contributed by atoms with Crippen molar-refractivity contribution < 1.29 is 26.8 Å². The summed E-state index contributed by atoms with van der Waals surface area (Å²) in [6.45, 7) is 3.15. The predicted molar refractivity (Wildman–Crippen MR) is 105 cm³/mol. The van der Waals surface area contributed by atoms with Crippen molar-refractivity contribution in [1.82, 2.24) is 0 Å². The lowest BCUT2D eigenvalue weighted by Crippen LogP contribution is -2.38. The van der Waals surface area contributed by atoms with E-state index in [-0.39, 0.29) is 15.7 Å². The molecule has 2 aromatic carbocycles. The summed E-state index contributed by atoms with van der Waals surface area (Å²) in [6, 6.07) is 11.0. The standard InChI is InChI=1S/C20H23ClO6S/c1-3-9-20(25-10-6-11-26-20)15-12-16(24-2)14-17(13-15)27-28(22,23)19-8-5-4-7-18(19)21/h4-5,7-8,12-14H,3,6,9-11H2,1-2H3. The van der Waals surface area contributed by atoms with Crippen molar-refractivity contribution in [2.75, 3.05) is 20.3 Å². The number of hydrogen-bond acceptors (Lipinski definition) is 6. The summed E-state index contributed by atoms with van der Waals surface area (Å²) < 4.78 is 48.1. The Morgan fingerprint density at radius 1 is 1.11 bits per heavy atom. The SMILES string of the molecule is CCCC1(c2cc(OC)cc(OS(=O)(=O)c3ccccc3Cl)c2)OCCCO1. The molecule has 0 spiro atoms. The molecule has 1 fully saturated rings. The van der Waals surface area contributed by atoms with Crippen LogP contribution in [-0.2, 0) is 25.4 Å². The fraction of sp³-hybridized carbons (Fsp3) is 0.400. The molecule has 2 aromatic rings. The van der Waals surface area contributed by atoms with Crippen molar-refractivity contribution in [2.45, 2.75) is 36.9 Å². The lowest BCUT2D eigenvalue weighted by atomic mass is 9.99. The molecule has 1 aliphatic rings. The lowest BCUT2D eigenvalue weighted by Gasteiger charge is -2.37. The summed E-state index contributed by atoms with van der Waals surface area (Å²) in [6.07, 6.45) is 2.25. The maximum absolute atomic E-state index is 12.7. The van der Waals surface area contributed by atoms with Gasteiger partial charge >= 0.3 is 10.1 Å². The van der Waals surface area contributed by atoms with Gasteiger partial charge in [-0.3, -0.25) is 0 Å². The molecule has 0 atom stereocenters. The third kappa shape index (κ3) is 4.43. The molecule has 6 nitrogen and oxygen atoms in total. The van der Waals surface area contributed by atoms with Gasteiger partial charge < -0.3 is 18.4 Å². The Bertz CT molecular complexity index is 917. The number of halogens is 1. The quantitative estimate of drug-likeness (QED) is 0.607. The summed E-state index contributed by atoms with van der Waals surface area (Å²) in [5, 5.41) is 0.0898. The number of rotatable bonds is 7. The van der Waals surface area contributed by atoms with Crippen molar-refractivity contribution in [3.63, 3.8) is 0 Å². The van der Waals surface area contributed by atoms with E-state index in [1.54, 1.807) is 24.3 Å². The van der Waals surface area contributed by atoms with E-state index in [2.05, 4.69) is 0 Å². The van der Waals surface area contributed by atoms with Crippen molar-refractivity contribution in [1.29, 1.82) is 0 Å². The van der Waals surface area contributed by atoms with E-state index < -0.39 is 15.9 Å². The Balaban J connectivity index is 2.00. The molecule has 0 bridgehead atoms. The van der Waals surface area contributed by atoms with Crippen LogP contribution in [0.3, 0.4) is 0 Å². The van der Waals surface area contributed by atoms with E-state index in [1.807, 2.05) is 6.92 Å². The Morgan fingerprint density at radius 2 is 1.79 bits per heavy atom. The molecule has 0 aromatic heterocycles. The van der Waals surface area contributed by atoms with Crippen LogP contribution in [0.1, 0.15) is 31.7 Å². The van der Waals surface area contributed by atoms with Gasteiger partial charge in [0.05, 0.1) is 25.3 Å². The van der Waals surface area contributed by atoms with Gasteiger partial charge in [-0.2, -0.15) is 8.42 Å². The largest absolute Gasteiger partial charge is 0.497 e. The fourth-order valence-electron chi connectivity index (χ4n) is 3.14. The summed E-state index contributed by atoms with van der Waals surface area (Å²) in [5.74, 6) is -0.411. The molecule has 0 unspecified atom stereocenters. The van der Waals surface area contributed by atoms with E-state index in [0.29, 0.717) is 30.9 Å². The van der Waals surface area contributed by atoms with Crippen LogP contribution in [-0.4, -0.2) is 28.7 Å². The molecule has 0 saturated carbocycles. The highest BCUT2D eigenvalue weighted by Gasteiger charge is 2.37. The Morgan fingerprint density at radius 3 is 2.43 bits per heavy atom. The van der Waals surface area contributed by atoms with Gasteiger partial charge in [-0.25, -0.2) is 0 Å². The Hall–Kier alpha value is -1.80. The Labute approximate surface area is 170 Å². The molecule has 152 valence electrons. The number of hydrogen-bond donors (Lipinski definition) is 0. The second-order valence-electron chi connectivity index (χ2n) is 6.42. The van der Waals surface area contributed by atoms with E-state index in [0.717, 1.165) is 12.8 Å². The van der Waals surface area contributed by atoms with Crippen LogP contribution in [0, 0.1) is 0 Å². The highest BCUT2D eigenvalue weighted by Crippen LogP contribution is 2.39. The van der Waals surface area contributed by atoms with Crippen LogP contribution < -0.4 is 8.92 Å². The third-order valence-corrected chi connectivity index (χ3v) is 6.15.